The minimum atomic E-state index is 0. The number of furan rings is 2. The number of hydrogen-bond acceptors (Lipinski definition) is 17. The smallest absolute Gasteiger partial charge is 0.260 e. The van der Waals surface area contributed by atoms with Crippen molar-refractivity contribution in [1.82, 2.24) is 34.7 Å². The number of fused-ring (bicyclic) bond motifs is 4. The van der Waals surface area contributed by atoms with Crippen LogP contribution in [0.25, 0.3) is 42.9 Å². The van der Waals surface area contributed by atoms with Crippen molar-refractivity contribution in [1.29, 1.82) is 0 Å². The van der Waals surface area contributed by atoms with Gasteiger partial charge in [0.05, 0.1) is 32.6 Å². The molecule has 9 heterocycles. The first kappa shape index (κ1) is 76.7. The number of ether oxygens (including phenoxy) is 4. The summed E-state index contributed by atoms with van der Waals surface area (Å²) in [6.07, 6.45) is 19.9. The van der Waals surface area contributed by atoms with Crippen LogP contribution in [0.5, 0.6) is 11.5 Å². The maximum absolute atomic E-state index is 11.8. The monoisotopic (exact) mass is 1400 g/mol. The Bertz CT molecular complexity index is 3670. The number of benzene rings is 5. The van der Waals surface area contributed by atoms with Crippen molar-refractivity contribution in [3.05, 3.63) is 247 Å². The van der Waals surface area contributed by atoms with Crippen LogP contribution in [-0.2, 0) is 47.0 Å². The van der Waals surface area contributed by atoms with Crippen LogP contribution in [0, 0.1) is 47.6 Å². The summed E-state index contributed by atoms with van der Waals surface area (Å²) in [5.41, 5.74) is 6.18. The van der Waals surface area contributed by atoms with Crippen LogP contribution in [0.4, 0.5) is 0 Å². The number of amides is 1. The molecule has 2 saturated heterocycles. The molecule has 0 spiro atoms. The SMILES string of the molecule is CS.CSc1cc[c-]cc1.CSc1ccc2ccccc2c1.Cc1cc2cnccc2o1.Cc1cc2cnccc2s1.Cc1cc2ncncc2o1.Cc1ccc(OCC(=O)N2CCOCC2)cc1.Cc1ccc(OCCN2CCOCC2)cc1.Cc1cccnc1.[Y]. The van der Waals surface area contributed by atoms with Gasteiger partial charge >= 0.3 is 0 Å². The minimum absolute atomic E-state index is 0. The number of carbonyl (C=O) groups excluding carboxylic acids is 1. The summed E-state index contributed by atoms with van der Waals surface area (Å²) in [5, 5.41) is 4.96. The molecule has 7 aromatic heterocycles. The zero-order valence-electron chi connectivity index (χ0n) is 54.6. The number of carbonyl (C=O) groups is 1. The number of aryl methyl sites for hydroxylation is 6. The standard InChI is InChI=1S/C13H17NO3.C13H19NO2.C11H10S.C8H7NO.C8H7NS.C7H6N2O.C7H7S.C6H7N.CH4S.Y/c1-11-2-4-12(5-3-11)17-10-13(15)14-6-8-16-9-7-14;1-12-2-4-13(5-3-12)16-11-8-14-6-9-15-10-7-14;1-12-11-7-6-9-4-2-3-5-10(9)8-11;2*1-6-4-7-5-9-3-2-8(7)10-6;1-5-2-6-7(10-5)3-8-4-9-6;1-8-7-5-3-2-4-6-7;1-6-3-2-4-7-5-6;1-2;/h2-5H,6-10H2,1H3;2-5H,6-11H2,1H3;2-8H,1H3;2*2-5H,1H3;2-4H,1H3;3-6H,1H3;2-5H,1H3;2H,1H3;/q;;;;;;-1;;;. The number of thiophene rings is 1. The van der Waals surface area contributed by atoms with Crippen molar-refractivity contribution in [3.8, 4) is 11.5 Å². The van der Waals surface area contributed by atoms with E-state index in [1.165, 1.54) is 58.5 Å². The minimum Gasteiger partial charge on any atom is -0.492 e. The van der Waals surface area contributed by atoms with Crippen LogP contribution in [0.1, 0.15) is 33.1 Å². The first-order valence-corrected chi connectivity index (χ1v) is 34.2. The van der Waals surface area contributed by atoms with Crippen LogP contribution >= 0.6 is 47.5 Å². The summed E-state index contributed by atoms with van der Waals surface area (Å²) in [4.78, 5) is 39.6. The second kappa shape index (κ2) is 44.6. The molecule has 19 heteroatoms. The van der Waals surface area contributed by atoms with Gasteiger partial charge in [-0.25, -0.2) is 9.97 Å². The van der Waals surface area contributed by atoms with E-state index in [1.807, 2.05) is 155 Å². The largest absolute Gasteiger partial charge is 0.492 e. The second-order valence-electron chi connectivity index (χ2n) is 20.6. The van der Waals surface area contributed by atoms with Crippen molar-refractivity contribution < 1.29 is 65.3 Å². The summed E-state index contributed by atoms with van der Waals surface area (Å²) in [5.74, 6) is 3.52. The fraction of sp³-hybridized carbons (Fsp3) is 0.270. The predicted molar refractivity (Wildman–Crippen MR) is 384 cm³/mol. The molecule has 0 atom stereocenters. The van der Waals surface area contributed by atoms with E-state index in [2.05, 4.69) is 136 Å². The molecule has 485 valence electrons. The molecule has 0 aliphatic carbocycles. The van der Waals surface area contributed by atoms with Crippen LogP contribution in [0.2, 0.25) is 0 Å². The van der Waals surface area contributed by atoms with Gasteiger partial charge in [-0.05, 0) is 143 Å². The number of thiol groups is 1. The molecule has 14 nitrogen and oxygen atoms in total. The second-order valence-corrected chi connectivity index (χ2v) is 23.6. The fourth-order valence-corrected chi connectivity index (χ4v) is 10.4. The number of hydrogen-bond donors (Lipinski definition) is 1. The zero-order valence-corrected chi connectivity index (χ0v) is 60.8. The van der Waals surface area contributed by atoms with Crippen LogP contribution < -0.4 is 9.47 Å². The van der Waals surface area contributed by atoms with Gasteiger partial charge in [-0.3, -0.25) is 24.6 Å². The van der Waals surface area contributed by atoms with Crippen LogP contribution in [-0.4, -0.2) is 132 Å². The van der Waals surface area contributed by atoms with E-state index in [0.717, 1.165) is 84.5 Å². The number of thioether (sulfide) groups is 2. The van der Waals surface area contributed by atoms with E-state index < -0.39 is 0 Å². The molecule has 0 saturated carbocycles. The third kappa shape index (κ3) is 29.5. The number of rotatable bonds is 9. The molecular weight excluding hydrogens is 1320 g/mol. The van der Waals surface area contributed by atoms with Gasteiger partial charge in [0.15, 0.2) is 12.2 Å². The molecule has 5 aromatic carbocycles. The molecule has 12 aromatic rings. The molecule has 2 aliphatic heterocycles. The van der Waals surface area contributed by atoms with Gasteiger partial charge < -0.3 is 32.7 Å². The average Bonchev–Trinajstić information content (AvgIpc) is 2.26. The first-order valence-electron chi connectivity index (χ1n) is 30.1. The topological polar surface area (TPSA) is 151 Å². The van der Waals surface area contributed by atoms with Crippen molar-refractivity contribution >= 4 is 96.3 Å². The van der Waals surface area contributed by atoms with Crippen molar-refractivity contribution in [3.63, 3.8) is 0 Å². The van der Waals surface area contributed by atoms with Gasteiger partial charge in [-0.2, -0.15) is 54.7 Å². The molecule has 1 radical (unpaired) electrons. The maximum atomic E-state index is 11.8. The number of nitrogens with zero attached hydrogens (tertiary/aromatic N) is 7. The van der Waals surface area contributed by atoms with E-state index in [1.54, 1.807) is 59.5 Å². The Morgan fingerprint density at radius 3 is 1.75 bits per heavy atom. The summed E-state index contributed by atoms with van der Waals surface area (Å²) in [7, 11) is 0. The molecule has 0 N–H and O–H groups in total. The van der Waals surface area contributed by atoms with Crippen LogP contribution in [0.3, 0.4) is 0 Å². The maximum Gasteiger partial charge on any atom is 0.260 e. The zero-order chi connectivity index (χ0) is 65.6. The molecule has 14 rings (SSSR count). The molecule has 0 unspecified atom stereocenters. The van der Waals surface area contributed by atoms with E-state index >= 15 is 0 Å². The predicted octanol–water partition coefficient (Wildman–Crippen LogP) is 16.9. The molecule has 2 fully saturated rings. The van der Waals surface area contributed by atoms with E-state index in [0.29, 0.717) is 26.3 Å². The van der Waals surface area contributed by atoms with Gasteiger partial charge in [-0.1, -0.05) is 71.8 Å². The summed E-state index contributed by atoms with van der Waals surface area (Å²) in [6.45, 7) is 20.2. The Balaban J connectivity index is 0.000000194. The fourth-order valence-electron chi connectivity index (χ4n) is 8.63. The summed E-state index contributed by atoms with van der Waals surface area (Å²) < 4.78 is 33.5. The number of aromatic nitrogens is 5. The van der Waals surface area contributed by atoms with Gasteiger partial charge in [0.1, 0.15) is 47.1 Å². The Morgan fingerprint density at radius 2 is 1.16 bits per heavy atom. The van der Waals surface area contributed by atoms with E-state index in [-0.39, 0.29) is 45.2 Å². The Morgan fingerprint density at radius 1 is 0.559 bits per heavy atom. The Hall–Kier alpha value is -6.97. The van der Waals surface area contributed by atoms with Crippen LogP contribution in [0.15, 0.2) is 226 Å². The third-order valence-electron chi connectivity index (χ3n) is 13.4. The van der Waals surface area contributed by atoms with Gasteiger partial charge in [0.25, 0.3) is 5.91 Å². The van der Waals surface area contributed by atoms with Gasteiger partial charge in [-0.15, -0.1) is 28.0 Å². The number of pyridine rings is 3. The van der Waals surface area contributed by atoms with Crippen molar-refractivity contribution in [2.24, 2.45) is 0 Å². The Kier molecular flexibility index (Phi) is 36.8. The van der Waals surface area contributed by atoms with Crippen molar-refractivity contribution in [2.75, 3.05) is 91.1 Å². The summed E-state index contributed by atoms with van der Waals surface area (Å²) in [6, 6.07) is 55.6. The van der Waals surface area contributed by atoms with E-state index in [9.17, 15) is 4.79 Å². The number of morpholine rings is 2. The normalized spacial score (nSPS) is 12.1. The first-order chi connectivity index (χ1) is 44.9. The van der Waals surface area contributed by atoms with Gasteiger partial charge in [0.2, 0.25) is 0 Å². The molecular formula is C74H84N7O7S4Y-. The molecule has 0 bridgehead atoms. The molecule has 2 aliphatic rings. The molecule has 1 amide bonds. The average molecular weight is 1400 g/mol. The van der Waals surface area contributed by atoms with Crippen molar-refractivity contribution in [2.45, 2.75) is 51.3 Å². The molecule has 93 heavy (non-hydrogen) atoms. The summed E-state index contributed by atoms with van der Waals surface area (Å²) >= 11 is 8.87. The Labute approximate surface area is 592 Å². The quantitative estimate of drug-likeness (QED) is 0.0828. The van der Waals surface area contributed by atoms with E-state index in [4.69, 9.17) is 27.8 Å². The van der Waals surface area contributed by atoms with Gasteiger partial charge in [0, 0.05) is 134 Å². The third-order valence-corrected chi connectivity index (χ3v) is 15.9.